The number of carbonyl (C=O) groups is 1. The Kier molecular flexibility index (Phi) is 5.15. The number of aryl methyl sites for hydroxylation is 1. The second-order valence-corrected chi connectivity index (χ2v) is 4.50. The molecule has 0 radical (unpaired) electrons. The first-order chi connectivity index (χ1) is 10.1. The molecule has 0 unspecified atom stereocenters. The third-order valence-corrected chi connectivity index (χ3v) is 2.84. The average Bonchev–Trinajstić information content (AvgIpc) is 2.48. The van der Waals surface area contributed by atoms with Crippen molar-refractivity contribution in [1.82, 2.24) is 5.32 Å². The van der Waals surface area contributed by atoms with E-state index in [2.05, 4.69) is 10.6 Å². The Morgan fingerprint density at radius 2 is 1.86 bits per heavy atom. The minimum atomic E-state index is -0.352. The standard InChI is InChI=1S/C16H17FN2O2/c1-12-4-2-3-5-15(12)21-11-10-18-16(20)19-14-8-6-13(17)7-9-14/h2-9H,10-11H2,1H3,(H2,18,19,20). The van der Waals surface area contributed by atoms with E-state index in [1.165, 1.54) is 24.3 Å². The van der Waals surface area contributed by atoms with E-state index < -0.39 is 0 Å². The van der Waals surface area contributed by atoms with Crippen molar-refractivity contribution in [3.63, 3.8) is 0 Å². The molecule has 2 aromatic carbocycles. The summed E-state index contributed by atoms with van der Waals surface area (Å²) in [5.41, 5.74) is 1.59. The second kappa shape index (κ2) is 7.28. The maximum atomic E-state index is 12.7. The molecule has 0 bridgehead atoms. The number of nitrogens with one attached hydrogen (secondary N) is 2. The van der Waals surface area contributed by atoms with E-state index in [0.29, 0.717) is 18.8 Å². The van der Waals surface area contributed by atoms with E-state index in [0.717, 1.165) is 11.3 Å². The predicted octanol–water partition coefficient (Wildman–Crippen LogP) is 3.33. The number of para-hydroxylation sites is 1. The highest BCUT2D eigenvalue weighted by atomic mass is 19.1. The predicted molar refractivity (Wildman–Crippen MR) is 80.1 cm³/mol. The van der Waals surface area contributed by atoms with Gasteiger partial charge in [-0.3, -0.25) is 0 Å². The van der Waals surface area contributed by atoms with Crippen molar-refractivity contribution in [2.45, 2.75) is 6.92 Å². The van der Waals surface area contributed by atoms with E-state index in [-0.39, 0.29) is 11.8 Å². The van der Waals surface area contributed by atoms with Crippen LogP contribution in [0.25, 0.3) is 0 Å². The molecule has 0 heterocycles. The van der Waals surface area contributed by atoms with Crippen LogP contribution in [0.3, 0.4) is 0 Å². The van der Waals surface area contributed by atoms with Crippen LogP contribution in [0.1, 0.15) is 5.56 Å². The van der Waals surface area contributed by atoms with Crippen molar-refractivity contribution in [2.75, 3.05) is 18.5 Å². The summed E-state index contributed by atoms with van der Waals surface area (Å²) in [6.45, 7) is 2.72. The van der Waals surface area contributed by atoms with Gasteiger partial charge in [-0.2, -0.15) is 0 Å². The van der Waals surface area contributed by atoms with Crippen LogP contribution in [0.15, 0.2) is 48.5 Å². The lowest BCUT2D eigenvalue weighted by atomic mass is 10.2. The summed E-state index contributed by atoms with van der Waals surface area (Å²) in [6.07, 6.45) is 0. The number of amides is 2. The minimum absolute atomic E-state index is 0.340. The fraction of sp³-hybridized carbons (Fsp3) is 0.188. The number of hydrogen-bond acceptors (Lipinski definition) is 2. The van der Waals surface area contributed by atoms with Gasteiger partial charge < -0.3 is 15.4 Å². The summed E-state index contributed by atoms with van der Waals surface area (Å²) in [6, 6.07) is 12.9. The molecule has 0 atom stereocenters. The van der Waals surface area contributed by atoms with Crippen molar-refractivity contribution >= 4 is 11.7 Å². The molecule has 2 rings (SSSR count). The quantitative estimate of drug-likeness (QED) is 0.829. The fourth-order valence-electron chi connectivity index (χ4n) is 1.75. The summed E-state index contributed by atoms with van der Waals surface area (Å²) in [5, 5.41) is 5.27. The Hall–Kier alpha value is -2.56. The Morgan fingerprint density at radius 3 is 2.57 bits per heavy atom. The van der Waals surface area contributed by atoms with Crippen molar-refractivity contribution in [3.05, 3.63) is 59.9 Å². The molecule has 2 aromatic rings. The normalized spacial score (nSPS) is 10.0. The summed E-state index contributed by atoms with van der Waals surface area (Å²) in [7, 11) is 0. The van der Waals surface area contributed by atoms with E-state index >= 15 is 0 Å². The average molecular weight is 288 g/mol. The van der Waals surface area contributed by atoms with Crippen molar-refractivity contribution in [3.8, 4) is 5.75 Å². The third kappa shape index (κ3) is 4.80. The van der Waals surface area contributed by atoms with Crippen LogP contribution in [-0.2, 0) is 0 Å². The van der Waals surface area contributed by atoms with Gasteiger partial charge in [0.1, 0.15) is 18.2 Å². The van der Waals surface area contributed by atoms with Gasteiger partial charge in [-0.25, -0.2) is 9.18 Å². The van der Waals surface area contributed by atoms with Crippen LogP contribution in [-0.4, -0.2) is 19.2 Å². The Morgan fingerprint density at radius 1 is 1.14 bits per heavy atom. The molecule has 2 amide bonds. The highest BCUT2D eigenvalue weighted by molar-refractivity contribution is 5.89. The zero-order valence-corrected chi connectivity index (χ0v) is 11.7. The summed E-state index contributed by atoms with van der Waals surface area (Å²) < 4.78 is 18.3. The lowest BCUT2D eigenvalue weighted by Gasteiger charge is -2.10. The van der Waals surface area contributed by atoms with Gasteiger partial charge in [-0.05, 0) is 42.8 Å². The minimum Gasteiger partial charge on any atom is -0.491 e. The zero-order chi connectivity index (χ0) is 15.1. The molecule has 0 saturated carbocycles. The molecule has 0 aliphatic carbocycles. The monoisotopic (exact) mass is 288 g/mol. The van der Waals surface area contributed by atoms with Crippen LogP contribution in [0.5, 0.6) is 5.75 Å². The van der Waals surface area contributed by atoms with E-state index in [4.69, 9.17) is 4.74 Å². The summed E-state index contributed by atoms with van der Waals surface area (Å²) in [4.78, 5) is 11.6. The molecule has 0 saturated heterocycles. The smallest absolute Gasteiger partial charge is 0.319 e. The van der Waals surface area contributed by atoms with Gasteiger partial charge in [-0.15, -0.1) is 0 Å². The SMILES string of the molecule is Cc1ccccc1OCCNC(=O)Nc1ccc(F)cc1. The van der Waals surface area contributed by atoms with Crippen molar-refractivity contribution in [2.24, 2.45) is 0 Å². The Bertz CT molecular complexity index is 599. The van der Waals surface area contributed by atoms with E-state index in [1.54, 1.807) is 0 Å². The van der Waals surface area contributed by atoms with Gasteiger partial charge in [0.15, 0.2) is 0 Å². The third-order valence-electron chi connectivity index (χ3n) is 2.84. The first-order valence-corrected chi connectivity index (χ1v) is 6.64. The van der Waals surface area contributed by atoms with E-state index in [9.17, 15) is 9.18 Å². The van der Waals surface area contributed by atoms with Gasteiger partial charge in [0.05, 0.1) is 6.54 Å². The van der Waals surface area contributed by atoms with Crippen LogP contribution < -0.4 is 15.4 Å². The topological polar surface area (TPSA) is 50.4 Å². The fourth-order valence-corrected chi connectivity index (χ4v) is 1.75. The highest BCUT2D eigenvalue weighted by Crippen LogP contribution is 2.15. The molecule has 21 heavy (non-hydrogen) atoms. The Balaban J connectivity index is 1.70. The molecule has 110 valence electrons. The first-order valence-electron chi connectivity index (χ1n) is 6.64. The number of ether oxygens (including phenoxy) is 1. The maximum Gasteiger partial charge on any atom is 0.319 e. The summed E-state index contributed by atoms with van der Waals surface area (Å²) >= 11 is 0. The lowest BCUT2D eigenvalue weighted by molar-refractivity contribution is 0.247. The first kappa shape index (κ1) is 14.8. The molecular formula is C16H17FN2O2. The van der Waals surface area contributed by atoms with Crippen LogP contribution in [0.4, 0.5) is 14.9 Å². The Labute approximate surface area is 122 Å². The largest absolute Gasteiger partial charge is 0.491 e. The number of benzene rings is 2. The highest BCUT2D eigenvalue weighted by Gasteiger charge is 2.02. The van der Waals surface area contributed by atoms with Gasteiger partial charge in [0.2, 0.25) is 0 Å². The van der Waals surface area contributed by atoms with Crippen LogP contribution in [0, 0.1) is 12.7 Å². The number of halogens is 1. The van der Waals surface area contributed by atoms with E-state index in [1.807, 2.05) is 31.2 Å². The molecule has 0 spiro atoms. The molecule has 0 aromatic heterocycles. The zero-order valence-electron chi connectivity index (χ0n) is 11.7. The lowest BCUT2D eigenvalue weighted by Crippen LogP contribution is -2.32. The number of carbonyl (C=O) groups excluding carboxylic acids is 1. The van der Waals surface area contributed by atoms with Gasteiger partial charge >= 0.3 is 6.03 Å². The number of rotatable bonds is 5. The molecule has 0 aliphatic rings. The number of urea groups is 1. The molecule has 5 heteroatoms. The van der Waals surface area contributed by atoms with Crippen molar-refractivity contribution < 1.29 is 13.9 Å². The second-order valence-electron chi connectivity index (χ2n) is 4.50. The molecular weight excluding hydrogens is 271 g/mol. The van der Waals surface area contributed by atoms with Gasteiger partial charge in [-0.1, -0.05) is 18.2 Å². The summed E-state index contributed by atoms with van der Waals surface area (Å²) in [5.74, 6) is 0.464. The number of hydrogen-bond donors (Lipinski definition) is 2. The maximum absolute atomic E-state index is 12.7. The van der Waals surface area contributed by atoms with Crippen LogP contribution >= 0.6 is 0 Å². The van der Waals surface area contributed by atoms with Crippen molar-refractivity contribution in [1.29, 1.82) is 0 Å². The molecule has 4 nitrogen and oxygen atoms in total. The van der Waals surface area contributed by atoms with Gasteiger partial charge in [0, 0.05) is 5.69 Å². The molecule has 0 aliphatic heterocycles. The molecule has 2 N–H and O–H groups in total. The molecule has 0 fully saturated rings. The number of anilines is 1. The van der Waals surface area contributed by atoms with Gasteiger partial charge in [0.25, 0.3) is 0 Å². The van der Waals surface area contributed by atoms with Crippen LogP contribution in [0.2, 0.25) is 0 Å².